The smallest absolute Gasteiger partial charge is 0.335 e. The van der Waals surface area contributed by atoms with Gasteiger partial charge in [0.15, 0.2) is 0 Å². The highest BCUT2D eigenvalue weighted by atomic mass is 35.5. The number of phenols is 1. The zero-order valence-corrected chi connectivity index (χ0v) is 10.1. The minimum Gasteiger partial charge on any atom is -0.506 e. The van der Waals surface area contributed by atoms with E-state index in [1.165, 1.54) is 0 Å². The van der Waals surface area contributed by atoms with Crippen LogP contribution in [0.25, 0.3) is 0 Å². The number of sulfonamides is 1. The Balaban J connectivity index is 3.06. The van der Waals surface area contributed by atoms with Gasteiger partial charge >= 0.3 is 5.97 Å². The Hall–Kier alpha value is -1.47. The van der Waals surface area contributed by atoms with Crippen molar-refractivity contribution in [1.29, 1.82) is 0 Å². The number of carboxylic acids is 1. The third kappa shape index (κ3) is 3.79. The molecule has 0 aliphatic rings. The number of carbonyl (C=O) groups is 1. The minimum absolute atomic E-state index is 0.102. The number of hydrogen-bond donors (Lipinski definition) is 3. The number of benzene rings is 1. The molecule has 1 aromatic rings. The SMILES string of the molecule is O=C(O)c1ccc(O)c(NS(=O)(=O)CCCl)c1. The maximum absolute atomic E-state index is 11.4. The number of nitrogens with one attached hydrogen (secondary N) is 1. The van der Waals surface area contributed by atoms with Crippen molar-refractivity contribution >= 4 is 33.3 Å². The summed E-state index contributed by atoms with van der Waals surface area (Å²) in [7, 11) is -3.68. The summed E-state index contributed by atoms with van der Waals surface area (Å²) in [4.78, 5) is 10.7. The topological polar surface area (TPSA) is 104 Å². The van der Waals surface area contributed by atoms with Gasteiger partial charge in [0.2, 0.25) is 10.0 Å². The molecule has 0 atom stereocenters. The molecule has 17 heavy (non-hydrogen) atoms. The molecule has 0 aromatic heterocycles. The van der Waals surface area contributed by atoms with Gasteiger partial charge in [-0.25, -0.2) is 13.2 Å². The first-order valence-corrected chi connectivity index (χ1v) is 6.67. The maximum atomic E-state index is 11.4. The largest absolute Gasteiger partial charge is 0.506 e. The molecule has 3 N–H and O–H groups in total. The second-order valence-corrected chi connectivity index (χ2v) is 5.37. The lowest BCUT2D eigenvalue weighted by atomic mass is 10.2. The molecule has 1 rings (SSSR count). The lowest BCUT2D eigenvalue weighted by Crippen LogP contribution is -2.17. The Bertz CT molecular complexity index is 528. The maximum Gasteiger partial charge on any atom is 0.335 e. The van der Waals surface area contributed by atoms with Gasteiger partial charge in [-0.15, -0.1) is 11.6 Å². The van der Waals surface area contributed by atoms with Crippen LogP contribution in [0.4, 0.5) is 5.69 Å². The van der Waals surface area contributed by atoms with Gasteiger partial charge in [0.25, 0.3) is 0 Å². The van der Waals surface area contributed by atoms with E-state index < -0.39 is 16.0 Å². The average molecular weight is 280 g/mol. The summed E-state index contributed by atoms with van der Waals surface area (Å²) in [6, 6.07) is 3.29. The summed E-state index contributed by atoms with van der Waals surface area (Å²) >= 11 is 5.30. The molecule has 0 unspecified atom stereocenters. The third-order valence-electron chi connectivity index (χ3n) is 1.85. The molecule has 0 fully saturated rings. The first kappa shape index (κ1) is 13.6. The standard InChI is InChI=1S/C9H10ClNO5S/c10-3-4-17(15,16)11-7-5-6(9(13)14)1-2-8(7)12/h1-2,5,11-12H,3-4H2,(H,13,14). The highest BCUT2D eigenvalue weighted by Gasteiger charge is 2.14. The first-order chi connectivity index (χ1) is 7.85. The van der Waals surface area contributed by atoms with E-state index in [-0.39, 0.29) is 28.6 Å². The van der Waals surface area contributed by atoms with Gasteiger partial charge in [-0.3, -0.25) is 4.72 Å². The molecule has 8 heteroatoms. The van der Waals surface area contributed by atoms with E-state index in [4.69, 9.17) is 16.7 Å². The van der Waals surface area contributed by atoms with Crippen molar-refractivity contribution in [2.24, 2.45) is 0 Å². The summed E-state index contributed by atoms with van der Waals surface area (Å²) in [5, 5.41) is 18.1. The van der Waals surface area contributed by atoms with Crippen molar-refractivity contribution in [2.75, 3.05) is 16.4 Å². The Morgan fingerprint density at radius 1 is 1.41 bits per heavy atom. The van der Waals surface area contributed by atoms with Crippen LogP contribution >= 0.6 is 11.6 Å². The fraction of sp³-hybridized carbons (Fsp3) is 0.222. The molecular formula is C9H10ClNO5S. The zero-order valence-electron chi connectivity index (χ0n) is 8.55. The number of rotatable bonds is 5. The Morgan fingerprint density at radius 3 is 2.59 bits per heavy atom. The number of phenolic OH excluding ortho intramolecular Hbond substituents is 1. The van der Waals surface area contributed by atoms with E-state index in [0.717, 1.165) is 18.2 Å². The van der Waals surface area contributed by atoms with Gasteiger partial charge in [-0.1, -0.05) is 0 Å². The van der Waals surface area contributed by atoms with Crippen molar-refractivity contribution in [3.63, 3.8) is 0 Å². The predicted molar refractivity (Wildman–Crippen MR) is 63.2 cm³/mol. The number of alkyl halides is 1. The lowest BCUT2D eigenvalue weighted by Gasteiger charge is -2.09. The molecule has 0 spiro atoms. The second kappa shape index (κ2) is 5.24. The Labute approximate surface area is 103 Å². The van der Waals surface area contributed by atoms with Crippen LogP contribution in [0.15, 0.2) is 18.2 Å². The minimum atomic E-state index is -3.68. The van der Waals surface area contributed by atoms with Crippen LogP contribution in [0, 0.1) is 0 Å². The van der Waals surface area contributed by atoms with Crippen LogP contribution in [-0.2, 0) is 10.0 Å². The second-order valence-electron chi connectivity index (χ2n) is 3.15. The molecule has 94 valence electrons. The number of aromatic hydroxyl groups is 1. The molecule has 1 aromatic carbocycles. The van der Waals surface area contributed by atoms with E-state index in [9.17, 15) is 18.3 Å². The molecule has 6 nitrogen and oxygen atoms in total. The van der Waals surface area contributed by atoms with Crippen LogP contribution in [0.5, 0.6) is 5.75 Å². The molecule has 0 bridgehead atoms. The Kier molecular flexibility index (Phi) is 4.19. The molecule has 0 aliphatic carbocycles. The normalized spacial score (nSPS) is 11.1. The number of aromatic carboxylic acids is 1. The van der Waals surface area contributed by atoms with Gasteiger partial charge in [0.1, 0.15) is 5.75 Å². The Morgan fingerprint density at radius 2 is 2.06 bits per heavy atom. The third-order valence-corrected chi connectivity index (χ3v) is 3.54. The predicted octanol–water partition coefficient (Wildman–Crippen LogP) is 1.07. The summed E-state index contributed by atoms with van der Waals surface area (Å²) < 4.78 is 24.8. The van der Waals surface area contributed by atoms with Crippen LogP contribution < -0.4 is 4.72 Å². The molecule has 0 aliphatic heterocycles. The van der Waals surface area contributed by atoms with Crippen LogP contribution in [-0.4, -0.2) is 36.2 Å². The van der Waals surface area contributed by atoms with Gasteiger partial charge < -0.3 is 10.2 Å². The van der Waals surface area contributed by atoms with Crippen molar-refractivity contribution in [3.05, 3.63) is 23.8 Å². The van der Waals surface area contributed by atoms with E-state index in [1.54, 1.807) is 0 Å². The van der Waals surface area contributed by atoms with Gasteiger partial charge in [-0.05, 0) is 18.2 Å². The van der Waals surface area contributed by atoms with Crippen LogP contribution in [0.2, 0.25) is 0 Å². The lowest BCUT2D eigenvalue weighted by molar-refractivity contribution is 0.0697. The molecule has 0 saturated heterocycles. The van der Waals surface area contributed by atoms with Crippen LogP contribution in [0.3, 0.4) is 0 Å². The van der Waals surface area contributed by atoms with Crippen molar-refractivity contribution in [1.82, 2.24) is 0 Å². The quantitative estimate of drug-likeness (QED) is 0.552. The fourth-order valence-corrected chi connectivity index (χ4v) is 2.48. The zero-order chi connectivity index (χ0) is 13.1. The average Bonchev–Trinajstić information content (AvgIpc) is 2.20. The van der Waals surface area contributed by atoms with Crippen molar-refractivity contribution in [2.45, 2.75) is 0 Å². The number of carboxylic acid groups (broad SMARTS) is 1. The molecule has 0 saturated carbocycles. The molecular weight excluding hydrogens is 270 g/mol. The van der Waals surface area contributed by atoms with Crippen LogP contribution in [0.1, 0.15) is 10.4 Å². The van der Waals surface area contributed by atoms with E-state index in [2.05, 4.69) is 4.72 Å². The van der Waals surface area contributed by atoms with Gasteiger partial charge in [0, 0.05) is 5.88 Å². The van der Waals surface area contributed by atoms with Gasteiger partial charge in [0.05, 0.1) is 17.0 Å². The molecule has 0 amide bonds. The van der Waals surface area contributed by atoms with Gasteiger partial charge in [-0.2, -0.15) is 0 Å². The van der Waals surface area contributed by atoms with Crippen molar-refractivity contribution in [3.8, 4) is 5.75 Å². The fourth-order valence-electron chi connectivity index (χ4n) is 1.07. The summed E-state index contributed by atoms with van der Waals surface area (Å²) in [6.45, 7) is 0. The van der Waals surface area contributed by atoms with E-state index >= 15 is 0 Å². The monoisotopic (exact) mass is 279 g/mol. The number of anilines is 1. The van der Waals surface area contributed by atoms with Crippen molar-refractivity contribution < 1.29 is 23.4 Å². The molecule has 0 heterocycles. The summed E-state index contributed by atoms with van der Waals surface area (Å²) in [5.41, 5.74) is -0.318. The summed E-state index contributed by atoms with van der Waals surface area (Å²) in [5.74, 6) is -2.00. The first-order valence-electron chi connectivity index (χ1n) is 4.48. The highest BCUT2D eigenvalue weighted by molar-refractivity contribution is 7.92. The van der Waals surface area contributed by atoms with E-state index in [1.807, 2.05) is 0 Å². The number of hydrogen-bond acceptors (Lipinski definition) is 4. The highest BCUT2D eigenvalue weighted by Crippen LogP contribution is 2.25. The summed E-state index contributed by atoms with van der Waals surface area (Å²) in [6.07, 6.45) is 0. The van der Waals surface area contributed by atoms with E-state index in [0.29, 0.717) is 0 Å². The molecule has 0 radical (unpaired) electrons. The number of halogens is 1.